The number of benzene rings is 3. The Balaban J connectivity index is 1.51. The fourth-order valence-corrected chi connectivity index (χ4v) is 3.69. The summed E-state index contributed by atoms with van der Waals surface area (Å²) in [5.41, 5.74) is 3.01. The molecule has 7 heteroatoms. The van der Waals surface area contributed by atoms with Gasteiger partial charge in [-0.1, -0.05) is 42.5 Å². The van der Waals surface area contributed by atoms with E-state index < -0.39 is 0 Å². The number of hydrogen-bond donors (Lipinski definition) is 2. The van der Waals surface area contributed by atoms with Gasteiger partial charge in [0.15, 0.2) is 0 Å². The predicted molar refractivity (Wildman–Crippen MR) is 139 cm³/mol. The summed E-state index contributed by atoms with van der Waals surface area (Å²) < 4.78 is 10.5. The third-order valence-corrected chi connectivity index (χ3v) is 5.55. The van der Waals surface area contributed by atoms with Crippen molar-refractivity contribution in [2.45, 2.75) is 12.8 Å². The van der Waals surface area contributed by atoms with Crippen LogP contribution in [0.1, 0.15) is 22.3 Å². The monoisotopic (exact) mass is 475 g/mol. The number of ether oxygens (including phenoxy) is 2. The number of carbonyl (C=O) groups is 2. The van der Waals surface area contributed by atoms with Gasteiger partial charge in [-0.3, -0.25) is 14.5 Å². The fourth-order valence-electron chi connectivity index (χ4n) is 3.69. The lowest BCUT2D eigenvalue weighted by atomic mass is 10.1. The van der Waals surface area contributed by atoms with Crippen LogP contribution in [0.3, 0.4) is 0 Å². The Labute approximate surface area is 207 Å². The fraction of sp³-hybridized carbons (Fsp3) is 0.286. The molecule has 0 radical (unpaired) electrons. The van der Waals surface area contributed by atoms with Crippen LogP contribution in [0.5, 0.6) is 5.75 Å². The van der Waals surface area contributed by atoms with E-state index in [1.165, 1.54) is 5.56 Å². The number of amides is 2. The minimum absolute atomic E-state index is 0.105. The van der Waals surface area contributed by atoms with E-state index in [1.54, 1.807) is 50.6 Å². The van der Waals surface area contributed by atoms with Gasteiger partial charge in [-0.25, -0.2) is 0 Å². The molecule has 0 saturated carbocycles. The van der Waals surface area contributed by atoms with Crippen molar-refractivity contribution in [1.82, 2.24) is 4.90 Å². The second-order valence-corrected chi connectivity index (χ2v) is 8.14. The molecule has 2 N–H and O–H groups in total. The van der Waals surface area contributed by atoms with Gasteiger partial charge in [0, 0.05) is 24.9 Å². The highest BCUT2D eigenvalue weighted by Crippen LogP contribution is 2.23. The Kier molecular flexibility index (Phi) is 10.3. The normalized spacial score (nSPS) is 10.7. The Bertz CT molecular complexity index is 1070. The molecule has 0 aromatic heterocycles. The van der Waals surface area contributed by atoms with Crippen molar-refractivity contribution in [2.24, 2.45) is 0 Å². The van der Waals surface area contributed by atoms with Gasteiger partial charge in [-0.05, 0) is 61.3 Å². The number of methoxy groups -OCH3 is 2. The zero-order valence-corrected chi connectivity index (χ0v) is 20.3. The Morgan fingerprint density at radius 2 is 1.54 bits per heavy atom. The Morgan fingerprint density at radius 1 is 0.829 bits per heavy atom. The molecule has 0 aliphatic heterocycles. The summed E-state index contributed by atoms with van der Waals surface area (Å²) in [5, 5.41) is 5.76. The van der Waals surface area contributed by atoms with Crippen molar-refractivity contribution in [3.8, 4) is 5.75 Å². The third kappa shape index (κ3) is 8.55. The highest BCUT2D eigenvalue weighted by molar-refractivity contribution is 6.05. The van der Waals surface area contributed by atoms with Crippen LogP contribution in [-0.2, 0) is 16.0 Å². The van der Waals surface area contributed by atoms with Gasteiger partial charge in [0.1, 0.15) is 5.75 Å². The van der Waals surface area contributed by atoms with Crippen molar-refractivity contribution in [3.63, 3.8) is 0 Å². The summed E-state index contributed by atoms with van der Waals surface area (Å²) in [6.45, 7) is 2.32. The molecule has 7 nitrogen and oxygen atoms in total. The van der Waals surface area contributed by atoms with Gasteiger partial charge < -0.3 is 20.1 Å². The maximum atomic E-state index is 12.7. The summed E-state index contributed by atoms with van der Waals surface area (Å²) in [6.07, 6.45) is 1.92. The SMILES string of the molecule is COCCN(CCCc1ccccc1)CC(=O)Nc1ccc(C(=O)Nc2ccccc2OC)cc1. The molecule has 0 heterocycles. The zero-order chi connectivity index (χ0) is 24.9. The number of aryl methyl sites for hydroxylation is 1. The van der Waals surface area contributed by atoms with Crippen molar-refractivity contribution in [2.75, 3.05) is 51.1 Å². The second kappa shape index (κ2) is 13.9. The van der Waals surface area contributed by atoms with Gasteiger partial charge in [-0.2, -0.15) is 0 Å². The average molecular weight is 476 g/mol. The first-order valence-corrected chi connectivity index (χ1v) is 11.7. The molecule has 184 valence electrons. The van der Waals surface area contributed by atoms with Crippen LogP contribution in [0.15, 0.2) is 78.9 Å². The summed E-state index contributed by atoms with van der Waals surface area (Å²) in [7, 11) is 3.22. The number of nitrogens with one attached hydrogen (secondary N) is 2. The van der Waals surface area contributed by atoms with E-state index in [4.69, 9.17) is 9.47 Å². The molecule has 2 amide bonds. The highest BCUT2D eigenvalue weighted by atomic mass is 16.5. The van der Waals surface area contributed by atoms with E-state index in [1.807, 2.05) is 30.3 Å². The molecular weight excluding hydrogens is 442 g/mol. The van der Waals surface area contributed by atoms with Crippen molar-refractivity contribution in [3.05, 3.63) is 90.0 Å². The van der Waals surface area contributed by atoms with Crippen molar-refractivity contribution < 1.29 is 19.1 Å². The molecule has 0 unspecified atom stereocenters. The van der Waals surface area contributed by atoms with Crippen LogP contribution in [0.2, 0.25) is 0 Å². The van der Waals surface area contributed by atoms with E-state index >= 15 is 0 Å². The molecule has 0 fully saturated rings. The molecule has 3 aromatic rings. The summed E-state index contributed by atoms with van der Waals surface area (Å²) in [6, 6.07) is 24.4. The quantitative estimate of drug-likeness (QED) is 0.381. The topological polar surface area (TPSA) is 79.9 Å². The summed E-state index contributed by atoms with van der Waals surface area (Å²) in [5.74, 6) is 0.232. The molecule has 0 bridgehead atoms. The van der Waals surface area contributed by atoms with E-state index in [0.717, 1.165) is 19.4 Å². The second-order valence-electron chi connectivity index (χ2n) is 8.14. The number of para-hydroxylation sites is 2. The van der Waals surface area contributed by atoms with Gasteiger partial charge >= 0.3 is 0 Å². The van der Waals surface area contributed by atoms with Gasteiger partial charge in [0.05, 0.1) is 25.9 Å². The van der Waals surface area contributed by atoms with E-state index in [2.05, 4.69) is 27.7 Å². The first-order chi connectivity index (χ1) is 17.1. The van der Waals surface area contributed by atoms with Crippen LogP contribution < -0.4 is 15.4 Å². The molecule has 3 aromatic carbocycles. The third-order valence-electron chi connectivity index (χ3n) is 5.55. The summed E-state index contributed by atoms with van der Waals surface area (Å²) in [4.78, 5) is 27.3. The molecule has 0 spiro atoms. The van der Waals surface area contributed by atoms with Crippen molar-refractivity contribution >= 4 is 23.2 Å². The maximum absolute atomic E-state index is 12.7. The molecule has 35 heavy (non-hydrogen) atoms. The Morgan fingerprint density at radius 3 is 2.26 bits per heavy atom. The smallest absolute Gasteiger partial charge is 0.255 e. The number of carbonyl (C=O) groups excluding carboxylic acids is 2. The molecule has 0 saturated heterocycles. The Hall–Kier alpha value is -3.68. The molecule has 0 aliphatic rings. The van der Waals surface area contributed by atoms with Crippen LogP contribution in [-0.4, -0.2) is 57.2 Å². The van der Waals surface area contributed by atoms with Crippen LogP contribution in [0.4, 0.5) is 11.4 Å². The minimum Gasteiger partial charge on any atom is -0.495 e. The number of rotatable bonds is 13. The summed E-state index contributed by atoms with van der Waals surface area (Å²) >= 11 is 0. The van der Waals surface area contributed by atoms with Crippen LogP contribution in [0.25, 0.3) is 0 Å². The predicted octanol–water partition coefficient (Wildman–Crippen LogP) is 4.47. The van der Waals surface area contributed by atoms with E-state index in [0.29, 0.717) is 35.8 Å². The van der Waals surface area contributed by atoms with E-state index in [9.17, 15) is 9.59 Å². The molecule has 0 atom stereocenters. The first kappa shape index (κ1) is 25.9. The van der Waals surface area contributed by atoms with Gasteiger partial charge in [0.25, 0.3) is 5.91 Å². The lowest BCUT2D eigenvalue weighted by molar-refractivity contribution is -0.117. The molecule has 0 aliphatic carbocycles. The lowest BCUT2D eigenvalue weighted by Gasteiger charge is -2.21. The zero-order valence-electron chi connectivity index (χ0n) is 20.3. The number of nitrogens with zero attached hydrogens (tertiary/aromatic N) is 1. The van der Waals surface area contributed by atoms with Gasteiger partial charge in [0.2, 0.25) is 5.91 Å². The average Bonchev–Trinajstić information content (AvgIpc) is 2.88. The maximum Gasteiger partial charge on any atom is 0.255 e. The molecule has 3 rings (SSSR count). The van der Waals surface area contributed by atoms with Crippen molar-refractivity contribution in [1.29, 1.82) is 0 Å². The minimum atomic E-state index is -0.253. The largest absolute Gasteiger partial charge is 0.495 e. The van der Waals surface area contributed by atoms with Crippen LogP contribution >= 0.6 is 0 Å². The number of anilines is 2. The number of hydrogen-bond acceptors (Lipinski definition) is 5. The van der Waals surface area contributed by atoms with Gasteiger partial charge in [-0.15, -0.1) is 0 Å². The first-order valence-electron chi connectivity index (χ1n) is 11.7. The van der Waals surface area contributed by atoms with Crippen LogP contribution in [0, 0.1) is 0 Å². The molecular formula is C28H33N3O4. The standard InChI is InChI=1S/C28H33N3O4/c1-34-20-19-31(18-8-11-22-9-4-3-5-10-22)21-27(32)29-24-16-14-23(15-17-24)28(33)30-25-12-6-7-13-26(25)35-2/h3-7,9-10,12-17H,8,11,18-21H2,1-2H3,(H,29,32)(H,30,33). The lowest BCUT2D eigenvalue weighted by Crippen LogP contribution is -2.36. The van der Waals surface area contributed by atoms with E-state index in [-0.39, 0.29) is 18.4 Å². The highest BCUT2D eigenvalue weighted by Gasteiger charge is 2.13.